The highest BCUT2D eigenvalue weighted by Crippen LogP contribution is 2.52. The van der Waals surface area contributed by atoms with Crippen molar-refractivity contribution in [2.24, 2.45) is 5.92 Å². The molecular weight excluding hydrogens is 408 g/mol. The Balaban J connectivity index is 1.25. The molecule has 5 nitrogen and oxygen atoms in total. The van der Waals surface area contributed by atoms with Crippen LogP contribution in [0.4, 0.5) is 0 Å². The lowest BCUT2D eigenvalue weighted by molar-refractivity contribution is -0.123. The van der Waals surface area contributed by atoms with Crippen molar-refractivity contribution in [1.29, 1.82) is 0 Å². The maximum absolute atomic E-state index is 12.9. The van der Waals surface area contributed by atoms with Gasteiger partial charge in [-0.05, 0) is 68.2 Å². The van der Waals surface area contributed by atoms with Crippen molar-refractivity contribution in [1.82, 2.24) is 10.2 Å². The van der Waals surface area contributed by atoms with Gasteiger partial charge in [0.2, 0.25) is 5.91 Å². The monoisotopic (exact) mass is 432 g/mol. The van der Waals surface area contributed by atoms with Gasteiger partial charge in [0.05, 0.1) is 12.6 Å². The van der Waals surface area contributed by atoms with Crippen molar-refractivity contribution < 1.29 is 14.3 Å². The number of nitrogens with one attached hydrogen (secondary N) is 1. The minimum absolute atomic E-state index is 0.0204. The van der Waals surface area contributed by atoms with Crippen molar-refractivity contribution in [3.8, 4) is 0 Å². The van der Waals surface area contributed by atoms with Gasteiger partial charge in [0.1, 0.15) is 0 Å². The lowest BCUT2D eigenvalue weighted by Crippen LogP contribution is -2.50. The zero-order chi connectivity index (χ0) is 18.6. The van der Waals surface area contributed by atoms with Gasteiger partial charge in [-0.25, -0.2) is 0 Å². The van der Waals surface area contributed by atoms with E-state index in [0.29, 0.717) is 18.6 Å². The third-order valence-corrected chi connectivity index (χ3v) is 7.07. The van der Waals surface area contributed by atoms with Gasteiger partial charge in [0.25, 0.3) is 5.91 Å². The van der Waals surface area contributed by atoms with Crippen LogP contribution in [0.2, 0.25) is 0 Å². The molecule has 6 heteroatoms. The first-order valence-corrected chi connectivity index (χ1v) is 10.8. The number of halogens is 1. The zero-order valence-electron chi connectivity index (χ0n) is 15.4. The molecule has 2 atom stereocenters. The van der Waals surface area contributed by atoms with Crippen LogP contribution in [-0.4, -0.2) is 48.6 Å². The number of carbonyl (C=O) groups excluding carboxylic acids is 2. The normalized spacial score (nSPS) is 28.8. The number of ether oxygens (including phenoxy) is 1. The first-order valence-electron chi connectivity index (χ1n) is 10.0. The van der Waals surface area contributed by atoms with Crippen molar-refractivity contribution in [3.63, 3.8) is 0 Å². The number of nitrogens with zero attached hydrogens (tertiary/aromatic N) is 1. The van der Waals surface area contributed by atoms with Crippen molar-refractivity contribution in [2.45, 2.75) is 56.1 Å². The maximum Gasteiger partial charge on any atom is 0.254 e. The number of hydrogen-bond acceptors (Lipinski definition) is 3. The van der Waals surface area contributed by atoms with Gasteiger partial charge >= 0.3 is 0 Å². The van der Waals surface area contributed by atoms with Crippen LogP contribution in [-0.2, 0) is 14.9 Å². The molecule has 1 aromatic carbocycles. The third-order valence-electron chi connectivity index (χ3n) is 6.58. The zero-order valence-corrected chi connectivity index (χ0v) is 17.0. The summed E-state index contributed by atoms with van der Waals surface area (Å²) in [6.45, 7) is 1.53. The van der Waals surface area contributed by atoms with Gasteiger partial charge in [-0.1, -0.05) is 15.9 Å². The van der Waals surface area contributed by atoms with E-state index in [-0.39, 0.29) is 29.8 Å². The Kier molecular flexibility index (Phi) is 4.32. The summed E-state index contributed by atoms with van der Waals surface area (Å²) in [5.41, 5.74) is 1.97. The van der Waals surface area contributed by atoms with Gasteiger partial charge in [-0.3, -0.25) is 9.59 Å². The average molecular weight is 433 g/mol. The number of hydrogen-bond donors (Lipinski definition) is 1. The molecule has 2 amide bonds. The molecule has 5 rings (SSSR count). The fraction of sp³-hybridized carbons (Fsp3) is 0.619. The van der Waals surface area contributed by atoms with E-state index in [0.717, 1.165) is 47.9 Å². The molecule has 0 radical (unpaired) electrons. The number of rotatable bonds is 4. The van der Waals surface area contributed by atoms with Crippen LogP contribution < -0.4 is 5.32 Å². The van der Waals surface area contributed by atoms with Gasteiger partial charge in [-0.2, -0.15) is 0 Å². The molecule has 0 bridgehead atoms. The minimum atomic E-state index is -0.0406. The Hall–Kier alpha value is -1.40. The summed E-state index contributed by atoms with van der Waals surface area (Å²) in [7, 11) is 0. The molecule has 2 saturated carbocycles. The van der Waals surface area contributed by atoms with Crippen molar-refractivity contribution >= 4 is 27.7 Å². The minimum Gasteiger partial charge on any atom is -0.378 e. The molecule has 2 heterocycles. The topological polar surface area (TPSA) is 58.6 Å². The van der Waals surface area contributed by atoms with E-state index in [1.165, 1.54) is 12.8 Å². The molecule has 1 N–H and O–H groups in total. The Labute approximate surface area is 167 Å². The second-order valence-corrected chi connectivity index (χ2v) is 9.58. The van der Waals surface area contributed by atoms with E-state index in [1.807, 2.05) is 12.1 Å². The molecule has 27 heavy (non-hydrogen) atoms. The van der Waals surface area contributed by atoms with Gasteiger partial charge < -0.3 is 15.0 Å². The van der Waals surface area contributed by atoms with Gasteiger partial charge in [0.15, 0.2) is 0 Å². The van der Waals surface area contributed by atoms with E-state index in [9.17, 15) is 9.59 Å². The summed E-state index contributed by atoms with van der Waals surface area (Å²) in [6.07, 6.45) is 6.77. The predicted octanol–water partition coefficient (Wildman–Crippen LogP) is 3.01. The fourth-order valence-electron chi connectivity index (χ4n) is 4.74. The smallest absolute Gasteiger partial charge is 0.254 e. The van der Waals surface area contributed by atoms with E-state index < -0.39 is 0 Å². The summed E-state index contributed by atoms with van der Waals surface area (Å²) >= 11 is 3.52. The highest BCUT2D eigenvalue weighted by atomic mass is 79.9. The Bertz CT molecular complexity index is 788. The Morgan fingerprint density at radius 1 is 1.30 bits per heavy atom. The first kappa shape index (κ1) is 17.7. The van der Waals surface area contributed by atoms with Crippen molar-refractivity contribution in [3.05, 3.63) is 33.8 Å². The summed E-state index contributed by atoms with van der Waals surface area (Å²) in [5.74, 6) is 0.632. The van der Waals surface area contributed by atoms with Crippen LogP contribution in [0.25, 0.3) is 0 Å². The first-order chi connectivity index (χ1) is 13.0. The second kappa shape index (κ2) is 6.59. The summed E-state index contributed by atoms with van der Waals surface area (Å²) in [5, 5.41) is 3.16. The molecule has 0 unspecified atom stereocenters. The van der Waals surface area contributed by atoms with E-state index >= 15 is 0 Å². The second-order valence-electron chi connectivity index (χ2n) is 8.67. The lowest BCUT2D eigenvalue weighted by atomic mass is 9.86. The fourth-order valence-corrected chi connectivity index (χ4v) is 5.10. The highest BCUT2D eigenvalue weighted by Gasteiger charge is 2.51. The standard InChI is InChI=1S/C21H25BrN2O3/c22-14-3-4-16-17(9-14)21(6-7-21)12-24(20(16)26)11-19(25)23-15-5-8-27-18(10-15)13-1-2-13/h3-4,9,13,15,18H,1-2,5-8,10-12H2,(H,23,25)/t15-,18+/m0/s1. The van der Waals surface area contributed by atoms with Crippen LogP contribution in [0.3, 0.4) is 0 Å². The van der Waals surface area contributed by atoms with Crippen molar-refractivity contribution in [2.75, 3.05) is 19.7 Å². The molecule has 1 saturated heterocycles. The quantitative estimate of drug-likeness (QED) is 0.795. The maximum atomic E-state index is 12.9. The largest absolute Gasteiger partial charge is 0.378 e. The SMILES string of the molecule is O=C(CN1CC2(CC2)c2cc(Br)ccc2C1=O)N[C@H]1CCO[C@@H](C2CC2)C1. The Morgan fingerprint density at radius 3 is 2.85 bits per heavy atom. The molecule has 1 aromatic rings. The molecule has 0 aromatic heterocycles. The summed E-state index contributed by atoms with van der Waals surface area (Å²) < 4.78 is 6.86. The number of fused-ring (bicyclic) bond motifs is 2. The van der Waals surface area contributed by atoms with Crippen LogP contribution in [0.15, 0.2) is 22.7 Å². The van der Waals surface area contributed by atoms with Crippen LogP contribution in [0.5, 0.6) is 0 Å². The van der Waals surface area contributed by atoms with Crippen LogP contribution >= 0.6 is 15.9 Å². The lowest BCUT2D eigenvalue weighted by Gasteiger charge is -2.35. The van der Waals surface area contributed by atoms with Gasteiger partial charge in [0, 0.05) is 34.6 Å². The summed E-state index contributed by atoms with van der Waals surface area (Å²) in [6, 6.07) is 6.06. The molecular formula is C21H25BrN2O3. The van der Waals surface area contributed by atoms with Crippen LogP contribution in [0, 0.1) is 5.92 Å². The Morgan fingerprint density at radius 2 is 2.11 bits per heavy atom. The number of benzene rings is 1. The molecule has 3 fully saturated rings. The molecule has 144 valence electrons. The van der Waals surface area contributed by atoms with E-state index in [2.05, 4.69) is 27.3 Å². The molecule has 4 aliphatic rings. The van der Waals surface area contributed by atoms with E-state index in [1.54, 1.807) is 4.90 Å². The molecule has 2 aliphatic carbocycles. The molecule has 2 aliphatic heterocycles. The average Bonchev–Trinajstić information content (AvgIpc) is 3.55. The highest BCUT2D eigenvalue weighted by molar-refractivity contribution is 9.10. The number of amides is 2. The summed E-state index contributed by atoms with van der Waals surface area (Å²) in [4.78, 5) is 27.3. The predicted molar refractivity (Wildman–Crippen MR) is 105 cm³/mol. The third kappa shape index (κ3) is 3.42. The molecule has 1 spiro atoms. The number of carbonyl (C=O) groups is 2. The van der Waals surface area contributed by atoms with E-state index in [4.69, 9.17) is 4.74 Å². The van der Waals surface area contributed by atoms with Gasteiger partial charge in [-0.15, -0.1) is 0 Å². The van der Waals surface area contributed by atoms with Crippen LogP contribution in [0.1, 0.15) is 54.4 Å².